The van der Waals surface area contributed by atoms with Gasteiger partial charge in [-0.05, 0) is 29.8 Å². The number of nitrogens with zero attached hydrogens (tertiary/aromatic N) is 3. The number of primary sulfonamides is 1. The molecule has 154 valence electrons. The van der Waals surface area contributed by atoms with Gasteiger partial charge in [-0.25, -0.2) is 18.5 Å². The average molecular weight is 424 g/mol. The van der Waals surface area contributed by atoms with Crippen LogP contribution in [0.5, 0.6) is 0 Å². The first-order valence-electron chi connectivity index (χ1n) is 9.16. The highest BCUT2D eigenvalue weighted by molar-refractivity contribution is 7.89. The highest BCUT2D eigenvalue weighted by Crippen LogP contribution is 2.31. The summed E-state index contributed by atoms with van der Waals surface area (Å²) in [6.45, 7) is 0. The normalized spacial score (nSPS) is 16.0. The quantitative estimate of drug-likeness (QED) is 0.570. The molecule has 1 aliphatic rings. The molecule has 1 unspecified atom stereocenters. The van der Waals surface area contributed by atoms with E-state index in [1.54, 1.807) is 12.1 Å². The van der Waals surface area contributed by atoms with Gasteiger partial charge in [0, 0.05) is 19.2 Å². The summed E-state index contributed by atoms with van der Waals surface area (Å²) in [5, 5.41) is 11.0. The third kappa shape index (κ3) is 4.09. The lowest BCUT2D eigenvalue weighted by Gasteiger charge is -2.34. The molecule has 1 aliphatic heterocycles. The van der Waals surface area contributed by atoms with Gasteiger partial charge >= 0.3 is 0 Å². The van der Waals surface area contributed by atoms with Crippen LogP contribution in [0.25, 0.3) is 0 Å². The van der Waals surface area contributed by atoms with Crippen LogP contribution in [0.15, 0.2) is 65.7 Å². The Hall–Kier alpha value is -3.50. The first kappa shape index (κ1) is 19.8. The number of anilines is 4. The summed E-state index contributed by atoms with van der Waals surface area (Å²) < 4.78 is 22.8. The Labute approximate surface area is 174 Å². The van der Waals surface area contributed by atoms with E-state index in [2.05, 4.69) is 20.6 Å². The Kier molecular flexibility index (Phi) is 5.10. The second-order valence-corrected chi connectivity index (χ2v) is 8.49. The maximum absolute atomic E-state index is 12.6. The van der Waals surface area contributed by atoms with Gasteiger partial charge in [-0.3, -0.25) is 4.79 Å². The SMILES string of the molecule is CN1c2nc(Nc3ccc(S(N)(=O)=O)cc3)ncc2NC(=O)C1Cc1ccccc1. The number of rotatable bonds is 5. The summed E-state index contributed by atoms with van der Waals surface area (Å²) in [5.74, 6) is 0.796. The summed E-state index contributed by atoms with van der Waals surface area (Å²) in [6, 6.07) is 15.3. The third-order valence-corrected chi connectivity index (χ3v) is 5.77. The molecule has 0 bridgehead atoms. The van der Waals surface area contributed by atoms with Crippen molar-refractivity contribution in [3.63, 3.8) is 0 Å². The molecule has 0 fully saturated rings. The van der Waals surface area contributed by atoms with Crippen LogP contribution in [-0.4, -0.2) is 37.4 Å². The fourth-order valence-corrected chi connectivity index (χ4v) is 3.77. The van der Waals surface area contributed by atoms with E-state index < -0.39 is 16.1 Å². The van der Waals surface area contributed by atoms with Crippen LogP contribution in [0.3, 0.4) is 0 Å². The number of sulfonamides is 1. The van der Waals surface area contributed by atoms with Crippen molar-refractivity contribution in [2.75, 3.05) is 22.6 Å². The number of amides is 1. The van der Waals surface area contributed by atoms with Crippen molar-refractivity contribution in [3.05, 3.63) is 66.4 Å². The number of nitrogens with one attached hydrogen (secondary N) is 2. The van der Waals surface area contributed by atoms with Gasteiger partial charge in [-0.2, -0.15) is 4.98 Å². The van der Waals surface area contributed by atoms with Gasteiger partial charge in [0.25, 0.3) is 0 Å². The Morgan fingerprint density at radius 3 is 2.50 bits per heavy atom. The minimum Gasteiger partial charge on any atom is -0.345 e. The molecule has 2 heterocycles. The fourth-order valence-electron chi connectivity index (χ4n) is 3.25. The van der Waals surface area contributed by atoms with E-state index in [9.17, 15) is 13.2 Å². The van der Waals surface area contributed by atoms with Crippen LogP contribution in [0, 0.1) is 0 Å². The molecular formula is C20H20N6O3S. The van der Waals surface area contributed by atoms with E-state index in [0.717, 1.165) is 5.56 Å². The number of benzene rings is 2. The number of hydrogen-bond acceptors (Lipinski definition) is 7. The van der Waals surface area contributed by atoms with Crippen molar-refractivity contribution in [1.82, 2.24) is 9.97 Å². The zero-order valence-electron chi connectivity index (χ0n) is 16.1. The average Bonchev–Trinajstić information content (AvgIpc) is 2.72. The minimum atomic E-state index is -3.75. The molecule has 1 atom stereocenters. The lowest BCUT2D eigenvalue weighted by Crippen LogP contribution is -2.47. The summed E-state index contributed by atoms with van der Waals surface area (Å²) in [5.41, 5.74) is 2.18. The summed E-state index contributed by atoms with van der Waals surface area (Å²) in [7, 11) is -1.93. The van der Waals surface area contributed by atoms with Crippen LogP contribution < -0.4 is 20.7 Å². The molecule has 1 amide bonds. The summed E-state index contributed by atoms with van der Waals surface area (Å²) in [6.07, 6.45) is 2.08. The molecule has 1 aromatic heterocycles. The highest BCUT2D eigenvalue weighted by atomic mass is 32.2. The van der Waals surface area contributed by atoms with Gasteiger partial charge in [-0.1, -0.05) is 30.3 Å². The van der Waals surface area contributed by atoms with E-state index >= 15 is 0 Å². The predicted molar refractivity (Wildman–Crippen MR) is 114 cm³/mol. The molecule has 4 N–H and O–H groups in total. The van der Waals surface area contributed by atoms with Crippen LogP contribution in [0.2, 0.25) is 0 Å². The van der Waals surface area contributed by atoms with Crippen LogP contribution in [0.4, 0.5) is 23.1 Å². The second kappa shape index (κ2) is 7.73. The van der Waals surface area contributed by atoms with Crippen molar-refractivity contribution in [3.8, 4) is 0 Å². The molecule has 10 heteroatoms. The topological polar surface area (TPSA) is 130 Å². The molecule has 3 aromatic rings. The number of hydrogen-bond donors (Lipinski definition) is 3. The molecule has 30 heavy (non-hydrogen) atoms. The molecular weight excluding hydrogens is 404 g/mol. The van der Waals surface area contributed by atoms with Crippen LogP contribution in [0.1, 0.15) is 5.56 Å². The molecule has 0 aliphatic carbocycles. The van der Waals surface area contributed by atoms with Crippen molar-refractivity contribution < 1.29 is 13.2 Å². The van der Waals surface area contributed by atoms with Gasteiger partial charge in [-0.15, -0.1) is 0 Å². The number of aromatic nitrogens is 2. The summed E-state index contributed by atoms with van der Waals surface area (Å²) >= 11 is 0. The first-order valence-corrected chi connectivity index (χ1v) is 10.7. The lowest BCUT2D eigenvalue weighted by molar-refractivity contribution is -0.117. The van der Waals surface area contributed by atoms with Crippen LogP contribution >= 0.6 is 0 Å². The monoisotopic (exact) mass is 424 g/mol. The molecule has 9 nitrogen and oxygen atoms in total. The van der Waals surface area contributed by atoms with Crippen molar-refractivity contribution in [1.29, 1.82) is 0 Å². The Morgan fingerprint density at radius 1 is 1.13 bits per heavy atom. The van der Waals surface area contributed by atoms with E-state index in [4.69, 9.17) is 5.14 Å². The zero-order valence-corrected chi connectivity index (χ0v) is 16.9. The number of likely N-dealkylation sites (N-methyl/N-ethyl adjacent to an activating group) is 1. The van der Waals surface area contributed by atoms with Crippen molar-refractivity contribution in [2.45, 2.75) is 17.4 Å². The van der Waals surface area contributed by atoms with E-state index in [1.807, 2.05) is 42.3 Å². The highest BCUT2D eigenvalue weighted by Gasteiger charge is 2.32. The van der Waals surface area contributed by atoms with Crippen molar-refractivity contribution in [2.24, 2.45) is 5.14 Å². The molecule has 0 spiro atoms. The molecule has 0 saturated carbocycles. The molecule has 0 saturated heterocycles. The lowest BCUT2D eigenvalue weighted by atomic mass is 10.0. The number of carbonyl (C=O) groups is 1. The van der Waals surface area contributed by atoms with Gasteiger partial charge in [0.05, 0.1) is 11.1 Å². The zero-order chi connectivity index (χ0) is 21.3. The van der Waals surface area contributed by atoms with Gasteiger partial charge < -0.3 is 15.5 Å². The minimum absolute atomic E-state index is 0.0191. The summed E-state index contributed by atoms with van der Waals surface area (Å²) in [4.78, 5) is 23.2. The standard InChI is InChI=1S/C20H20N6O3S/c1-26-17(11-13-5-3-2-4-6-13)19(27)24-16-12-22-20(25-18(16)26)23-14-7-9-15(10-8-14)30(21,28)29/h2-10,12,17H,11H2,1H3,(H,24,27)(H2,21,28,29)(H,22,23,25). The maximum Gasteiger partial charge on any atom is 0.247 e. The van der Waals surface area contributed by atoms with Gasteiger partial charge in [0.2, 0.25) is 21.9 Å². The fraction of sp³-hybridized carbons (Fsp3) is 0.150. The molecule has 2 aromatic carbocycles. The number of nitrogens with two attached hydrogens (primary N) is 1. The Balaban J connectivity index is 1.56. The molecule has 4 rings (SSSR count). The smallest absolute Gasteiger partial charge is 0.247 e. The van der Waals surface area contributed by atoms with Crippen LogP contribution in [-0.2, 0) is 21.2 Å². The van der Waals surface area contributed by atoms with Crippen molar-refractivity contribution >= 4 is 39.1 Å². The number of carbonyl (C=O) groups excluding carboxylic acids is 1. The van der Waals surface area contributed by atoms with Gasteiger partial charge in [0.1, 0.15) is 11.7 Å². The third-order valence-electron chi connectivity index (χ3n) is 4.84. The predicted octanol–water partition coefficient (Wildman–Crippen LogP) is 1.87. The van der Waals surface area contributed by atoms with E-state index in [0.29, 0.717) is 29.6 Å². The largest absolute Gasteiger partial charge is 0.345 e. The van der Waals surface area contributed by atoms with E-state index in [-0.39, 0.29) is 10.8 Å². The van der Waals surface area contributed by atoms with E-state index in [1.165, 1.54) is 18.3 Å². The second-order valence-electron chi connectivity index (χ2n) is 6.93. The Morgan fingerprint density at radius 2 is 1.83 bits per heavy atom. The first-order chi connectivity index (χ1) is 14.3. The van der Waals surface area contributed by atoms with Gasteiger partial charge in [0.15, 0.2) is 5.82 Å². The Bertz CT molecular complexity index is 1180. The number of fused-ring (bicyclic) bond motifs is 1. The molecule has 0 radical (unpaired) electrons. The maximum atomic E-state index is 12.6.